The van der Waals surface area contributed by atoms with Crippen molar-refractivity contribution >= 4 is 24.2 Å². The van der Waals surface area contributed by atoms with E-state index >= 15 is 0 Å². The Balaban J connectivity index is 0.00000176. The van der Waals surface area contributed by atoms with Crippen LogP contribution in [0.2, 0.25) is 0 Å². The fourth-order valence-electron chi connectivity index (χ4n) is 3.19. The van der Waals surface area contributed by atoms with Crippen LogP contribution in [0.5, 0.6) is 0 Å². The summed E-state index contributed by atoms with van der Waals surface area (Å²) in [7, 11) is 0. The maximum Gasteiger partial charge on any atom is 0.241 e. The molecule has 2 atom stereocenters. The molecule has 2 fully saturated rings. The van der Waals surface area contributed by atoms with Crippen molar-refractivity contribution in [1.82, 2.24) is 15.5 Å². The Morgan fingerprint density at radius 3 is 2.41 bits per heavy atom. The number of rotatable bonds is 4. The molecule has 0 bridgehead atoms. The van der Waals surface area contributed by atoms with Gasteiger partial charge < -0.3 is 15.5 Å². The Kier molecular flexibility index (Phi) is 5.80. The number of carbonyl (C=O) groups excluding carboxylic acids is 2. The first-order valence-electron chi connectivity index (χ1n) is 7.51. The minimum atomic E-state index is -0.101. The van der Waals surface area contributed by atoms with E-state index in [-0.39, 0.29) is 30.8 Å². The highest BCUT2D eigenvalue weighted by Gasteiger charge is 2.37. The number of amides is 2. The highest BCUT2D eigenvalue weighted by Crippen LogP contribution is 2.25. The molecule has 2 saturated heterocycles. The lowest BCUT2D eigenvalue weighted by Crippen LogP contribution is -2.40. The third-order valence-corrected chi connectivity index (χ3v) is 4.39. The number of likely N-dealkylation sites (tertiary alicyclic amines) is 1. The summed E-state index contributed by atoms with van der Waals surface area (Å²) in [6.45, 7) is 3.78. The molecule has 3 rings (SSSR count). The standard InChI is InChI=1S/C16H21N3O2.ClH/c20-15(6-12-4-2-1-3-5-12)18-9-16(21)19-10-13-7-17-8-14(13)11-19;/h1-5,13-14,17H,6-11H2,(H,18,20);1H/t13-,14+;. The van der Waals surface area contributed by atoms with Gasteiger partial charge in [-0.3, -0.25) is 9.59 Å². The number of benzene rings is 1. The Morgan fingerprint density at radius 1 is 1.14 bits per heavy atom. The molecule has 2 aliphatic heterocycles. The highest BCUT2D eigenvalue weighted by atomic mass is 35.5. The molecule has 2 amide bonds. The van der Waals surface area contributed by atoms with Crippen LogP contribution in [0.1, 0.15) is 5.56 Å². The minimum Gasteiger partial charge on any atom is -0.347 e. The van der Waals surface area contributed by atoms with Crippen molar-refractivity contribution in [3.05, 3.63) is 35.9 Å². The van der Waals surface area contributed by atoms with Gasteiger partial charge in [0.15, 0.2) is 0 Å². The predicted octanol–water partition coefficient (Wildman–Crippen LogP) is 0.445. The van der Waals surface area contributed by atoms with E-state index in [1.54, 1.807) is 0 Å². The lowest BCUT2D eigenvalue weighted by molar-refractivity contribution is -0.132. The number of fused-ring (bicyclic) bond motifs is 1. The molecule has 0 saturated carbocycles. The monoisotopic (exact) mass is 323 g/mol. The molecule has 22 heavy (non-hydrogen) atoms. The van der Waals surface area contributed by atoms with Crippen LogP contribution in [0.15, 0.2) is 30.3 Å². The molecule has 2 heterocycles. The van der Waals surface area contributed by atoms with E-state index in [4.69, 9.17) is 0 Å². The van der Waals surface area contributed by atoms with Gasteiger partial charge in [0.2, 0.25) is 11.8 Å². The molecule has 0 radical (unpaired) electrons. The molecule has 1 aromatic carbocycles. The largest absolute Gasteiger partial charge is 0.347 e. The van der Waals surface area contributed by atoms with Crippen molar-refractivity contribution in [1.29, 1.82) is 0 Å². The van der Waals surface area contributed by atoms with Gasteiger partial charge in [-0.2, -0.15) is 0 Å². The Bertz CT molecular complexity index is 511. The fraction of sp³-hybridized carbons (Fsp3) is 0.500. The molecule has 2 N–H and O–H groups in total. The molecule has 1 aromatic rings. The molecule has 0 spiro atoms. The number of hydrogen-bond acceptors (Lipinski definition) is 3. The summed E-state index contributed by atoms with van der Waals surface area (Å²) in [5.41, 5.74) is 0.962. The summed E-state index contributed by atoms with van der Waals surface area (Å²) in [5, 5.41) is 6.08. The summed E-state index contributed by atoms with van der Waals surface area (Å²) >= 11 is 0. The average molecular weight is 324 g/mol. The van der Waals surface area contributed by atoms with Gasteiger partial charge >= 0.3 is 0 Å². The van der Waals surface area contributed by atoms with E-state index in [1.807, 2.05) is 35.2 Å². The number of nitrogens with zero attached hydrogens (tertiary/aromatic N) is 1. The number of halogens is 1. The van der Waals surface area contributed by atoms with E-state index in [2.05, 4.69) is 10.6 Å². The molecule has 0 aromatic heterocycles. The second-order valence-corrected chi connectivity index (χ2v) is 5.92. The minimum absolute atomic E-state index is 0. The van der Waals surface area contributed by atoms with Crippen LogP contribution in [0.25, 0.3) is 0 Å². The van der Waals surface area contributed by atoms with Gasteiger partial charge in [-0.05, 0) is 17.4 Å². The van der Waals surface area contributed by atoms with E-state index < -0.39 is 0 Å². The SMILES string of the molecule is Cl.O=C(Cc1ccccc1)NCC(=O)N1C[C@H]2CNC[C@H]2C1. The third-order valence-electron chi connectivity index (χ3n) is 4.39. The zero-order valence-electron chi connectivity index (χ0n) is 12.5. The van der Waals surface area contributed by atoms with Crippen LogP contribution in [0.3, 0.4) is 0 Å². The second-order valence-electron chi connectivity index (χ2n) is 5.92. The topological polar surface area (TPSA) is 61.4 Å². The Morgan fingerprint density at radius 2 is 1.77 bits per heavy atom. The molecule has 0 unspecified atom stereocenters. The van der Waals surface area contributed by atoms with Gasteiger partial charge in [0.1, 0.15) is 0 Å². The zero-order chi connectivity index (χ0) is 14.7. The molecular weight excluding hydrogens is 302 g/mol. The number of nitrogens with one attached hydrogen (secondary N) is 2. The predicted molar refractivity (Wildman–Crippen MR) is 86.8 cm³/mol. The molecule has 120 valence electrons. The first-order valence-corrected chi connectivity index (χ1v) is 7.51. The maximum atomic E-state index is 12.1. The molecule has 5 nitrogen and oxygen atoms in total. The summed E-state index contributed by atoms with van der Waals surface area (Å²) in [6, 6.07) is 9.56. The number of hydrogen-bond donors (Lipinski definition) is 2. The van der Waals surface area contributed by atoms with Gasteiger partial charge in [0, 0.05) is 26.2 Å². The fourth-order valence-corrected chi connectivity index (χ4v) is 3.19. The van der Waals surface area contributed by atoms with Gasteiger partial charge in [-0.25, -0.2) is 0 Å². The summed E-state index contributed by atoms with van der Waals surface area (Å²) < 4.78 is 0. The van der Waals surface area contributed by atoms with Gasteiger partial charge in [0.25, 0.3) is 0 Å². The maximum absolute atomic E-state index is 12.1. The van der Waals surface area contributed by atoms with Crippen molar-refractivity contribution < 1.29 is 9.59 Å². The second kappa shape index (κ2) is 7.61. The Labute approximate surface area is 136 Å². The van der Waals surface area contributed by atoms with E-state index in [0.29, 0.717) is 18.3 Å². The van der Waals surface area contributed by atoms with Gasteiger partial charge in [-0.1, -0.05) is 30.3 Å². The van der Waals surface area contributed by atoms with Crippen LogP contribution in [0.4, 0.5) is 0 Å². The highest BCUT2D eigenvalue weighted by molar-refractivity contribution is 5.86. The molecule has 2 aliphatic rings. The van der Waals surface area contributed by atoms with Crippen LogP contribution < -0.4 is 10.6 Å². The summed E-state index contributed by atoms with van der Waals surface area (Å²) in [4.78, 5) is 25.8. The van der Waals surface area contributed by atoms with Gasteiger partial charge in [0.05, 0.1) is 13.0 Å². The van der Waals surface area contributed by atoms with Crippen molar-refractivity contribution in [3.8, 4) is 0 Å². The smallest absolute Gasteiger partial charge is 0.241 e. The third kappa shape index (κ3) is 3.99. The number of carbonyl (C=O) groups is 2. The quantitative estimate of drug-likeness (QED) is 0.845. The van der Waals surface area contributed by atoms with Crippen LogP contribution >= 0.6 is 12.4 Å². The first kappa shape index (κ1) is 16.8. The van der Waals surface area contributed by atoms with Crippen LogP contribution in [-0.4, -0.2) is 49.4 Å². The van der Waals surface area contributed by atoms with Crippen molar-refractivity contribution in [2.75, 3.05) is 32.7 Å². The van der Waals surface area contributed by atoms with Crippen LogP contribution in [0, 0.1) is 11.8 Å². The molecule has 0 aliphatic carbocycles. The van der Waals surface area contributed by atoms with E-state index in [1.165, 1.54) is 0 Å². The Hall–Kier alpha value is -1.59. The lowest BCUT2D eigenvalue weighted by Gasteiger charge is -2.17. The van der Waals surface area contributed by atoms with Crippen molar-refractivity contribution in [2.45, 2.75) is 6.42 Å². The molecular formula is C16H22ClN3O2. The van der Waals surface area contributed by atoms with Crippen LogP contribution in [-0.2, 0) is 16.0 Å². The lowest BCUT2D eigenvalue weighted by atomic mass is 10.0. The average Bonchev–Trinajstić information content (AvgIpc) is 3.07. The summed E-state index contributed by atoms with van der Waals surface area (Å²) in [5.74, 6) is 1.12. The van der Waals surface area contributed by atoms with E-state index in [0.717, 1.165) is 31.7 Å². The molecule has 6 heteroatoms. The van der Waals surface area contributed by atoms with E-state index in [9.17, 15) is 9.59 Å². The van der Waals surface area contributed by atoms with Crippen molar-refractivity contribution in [2.24, 2.45) is 11.8 Å². The normalized spacial score (nSPS) is 22.8. The van der Waals surface area contributed by atoms with Gasteiger partial charge in [-0.15, -0.1) is 12.4 Å². The zero-order valence-corrected chi connectivity index (χ0v) is 13.3. The summed E-state index contributed by atoms with van der Waals surface area (Å²) in [6.07, 6.45) is 0.323. The first-order chi connectivity index (χ1) is 10.2. The van der Waals surface area contributed by atoms with Crippen molar-refractivity contribution in [3.63, 3.8) is 0 Å².